The lowest BCUT2D eigenvalue weighted by Crippen LogP contribution is -2.35. The lowest BCUT2D eigenvalue weighted by atomic mass is 10.1. The topological polar surface area (TPSA) is 119 Å². The van der Waals surface area contributed by atoms with E-state index >= 15 is 0 Å². The number of sulfone groups is 1. The quantitative estimate of drug-likeness (QED) is 0.668. The Balaban J connectivity index is 1.58. The Morgan fingerprint density at radius 1 is 1.10 bits per heavy atom. The molecule has 1 saturated heterocycles. The van der Waals surface area contributed by atoms with E-state index in [4.69, 9.17) is 4.74 Å². The van der Waals surface area contributed by atoms with E-state index in [9.17, 15) is 21.6 Å². The molecule has 1 aliphatic heterocycles. The molecule has 8 nitrogen and oxygen atoms in total. The predicted octanol–water partition coefficient (Wildman–Crippen LogP) is 1.09. The van der Waals surface area contributed by atoms with Crippen molar-refractivity contribution in [3.05, 3.63) is 59.7 Å². The molecule has 0 saturated carbocycles. The molecule has 0 spiro atoms. The fourth-order valence-corrected chi connectivity index (χ4v) is 5.66. The highest BCUT2D eigenvalue weighted by Crippen LogP contribution is 2.16. The van der Waals surface area contributed by atoms with E-state index in [1.165, 1.54) is 19.2 Å². The highest BCUT2D eigenvalue weighted by Gasteiger charge is 2.29. The van der Waals surface area contributed by atoms with Crippen LogP contribution in [-0.2, 0) is 26.4 Å². The van der Waals surface area contributed by atoms with Gasteiger partial charge in [-0.05, 0) is 48.4 Å². The van der Waals surface area contributed by atoms with Crippen molar-refractivity contribution in [1.82, 2.24) is 10.0 Å². The molecule has 29 heavy (non-hydrogen) atoms. The number of carbonyl (C=O) groups is 1. The summed E-state index contributed by atoms with van der Waals surface area (Å²) in [4.78, 5) is 12.4. The van der Waals surface area contributed by atoms with Gasteiger partial charge in [0.1, 0.15) is 5.75 Å². The van der Waals surface area contributed by atoms with Gasteiger partial charge in [0.25, 0.3) is 5.91 Å². The smallest absolute Gasteiger partial charge is 0.251 e. The maximum Gasteiger partial charge on any atom is 0.251 e. The monoisotopic (exact) mass is 438 g/mol. The fourth-order valence-electron chi connectivity index (χ4n) is 2.97. The van der Waals surface area contributed by atoms with Crippen LogP contribution in [0, 0.1) is 0 Å². The maximum atomic E-state index is 12.4. The number of hydrogen-bond donors (Lipinski definition) is 2. The van der Waals surface area contributed by atoms with Crippen molar-refractivity contribution in [2.24, 2.45) is 0 Å². The molecule has 2 N–H and O–H groups in total. The van der Waals surface area contributed by atoms with Gasteiger partial charge in [0, 0.05) is 18.2 Å². The lowest BCUT2D eigenvalue weighted by molar-refractivity contribution is 0.0941. The molecule has 0 aromatic heterocycles. The van der Waals surface area contributed by atoms with Crippen LogP contribution in [0.5, 0.6) is 5.75 Å². The zero-order chi connectivity index (χ0) is 21.1. The van der Waals surface area contributed by atoms with Gasteiger partial charge in [-0.15, -0.1) is 0 Å². The van der Waals surface area contributed by atoms with E-state index in [1.807, 2.05) is 0 Å². The van der Waals surface area contributed by atoms with Gasteiger partial charge < -0.3 is 10.1 Å². The molecular weight excluding hydrogens is 416 g/mol. The van der Waals surface area contributed by atoms with Gasteiger partial charge in [0.15, 0.2) is 9.84 Å². The molecule has 2 aromatic rings. The summed E-state index contributed by atoms with van der Waals surface area (Å²) in [5.41, 5.74) is 1.07. The van der Waals surface area contributed by atoms with Gasteiger partial charge in [-0.3, -0.25) is 4.79 Å². The van der Waals surface area contributed by atoms with E-state index in [2.05, 4.69) is 10.0 Å². The van der Waals surface area contributed by atoms with E-state index in [1.54, 1.807) is 36.4 Å². The molecule has 1 fully saturated rings. The van der Waals surface area contributed by atoms with E-state index in [0.717, 1.165) is 0 Å². The molecule has 156 valence electrons. The summed E-state index contributed by atoms with van der Waals surface area (Å²) >= 11 is 0. The summed E-state index contributed by atoms with van der Waals surface area (Å²) in [6.07, 6.45) is 0.416. The van der Waals surface area contributed by atoms with Crippen molar-refractivity contribution in [3.63, 3.8) is 0 Å². The Labute approximate surface area is 170 Å². The summed E-state index contributed by atoms with van der Waals surface area (Å²) in [5.74, 6) is 0.264. The minimum absolute atomic E-state index is 0.0377. The molecule has 0 bridgehead atoms. The zero-order valence-corrected chi connectivity index (χ0v) is 17.4. The van der Waals surface area contributed by atoms with Crippen LogP contribution < -0.4 is 14.8 Å². The van der Waals surface area contributed by atoms with E-state index in [0.29, 0.717) is 23.3 Å². The molecule has 2 aromatic carbocycles. The number of amides is 1. The van der Waals surface area contributed by atoms with Gasteiger partial charge in [-0.2, -0.15) is 0 Å². The van der Waals surface area contributed by atoms with Crippen LogP contribution in [0.3, 0.4) is 0 Å². The predicted molar refractivity (Wildman–Crippen MR) is 108 cm³/mol. The molecule has 1 aliphatic rings. The second kappa shape index (κ2) is 8.52. The van der Waals surface area contributed by atoms with Crippen molar-refractivity contribution in [2.75, 3.05) is 18.6 Å². The summed E-state index contributed by atoms with van der Waals surface area (Å²) in [6.45, 7) is 0.0666. The van der Waals surface area contributed by atoms with Crippen molar-refractivity contribution in [2.45, 2.75) is 23.9 Å². The van der Waals surface area contributed by atoms with Gasteiger partial charge in [0.05, 0.1) is 23.5 Å². The summed E-state index contributed by atoms with van der Waals surface area (Å²) < 4.78 is 55.2. The van der Waals surface area contributed by atoms with E-state index < -0.39 is 19.9 Å². The third-order valence-electron chi connectivity index (χ3n) is 4.62. The number of ether oxygens (including phenoxy) is 1. The van der Waals surface area contributed by atoms with Gasteiger partial charge in [-0.1, -0.05) is 12.1 Å². The summed E-state index contributed by atoms with van der Waals surface area (Å²) in [7, 11) is -5.24. The Morgan fingerprint density at radius 3 is 2.31 bits per heavy atom. The SMILES string of the molecule is COc1ccc(S(=O)(=O)NCc2ccc(C(=O)NC3CCS(=O)(=O)C3)cc2)cc1. The van der Waals surface area contributed by atoms with Crippen molar-refractivity contribution >= 4 is 25.8 Å². The Bertz CT molecular complexity index is 1080. The minimum atomic E-state index is -3.68. The van der Waals surface area contributed by atoms with Crippen molar-refractivity contribution in [3.8, 4) is 5.75 Å². The largest absolute Gasteiger partial charge is 0.497 e. The average molecular weight is 439 g/mol. The van der Waals surface area contributed by atoms with Crippen molar-refractivity contribution < 1.29 is 26.4 Å². The maximum absolute atomic E-state index is 12.4. The molecule has 0 radical (unpaired) electrons. The molecule has 0 aliphatic carbocycles. The Hall–Kier alpha value is -2.43. The third-order valence-corrected chi connectivity index (χ3v) is 7.80. The van der Waals surface area contributed by atoms with Crippen LogP contribution in [0.2, 0.25) is 0 Å². The molecule has 1 heterocycles. The molecular formula is C19H22N2O6S2. The van der Waals surface area contributed by atoms with Gasteiger partial charge >= 0.3 is 0 Å². The van der Waals surface area contributed by atoms with Gasteiger partial charge in [-0.25, -0.2) is 21.6 Å². The lowest BCUT2D eigenvalue weighted by Gasteiger charge is -2.11. The molecule has 1 amide bonds. The number of nitrogens with one attached hydrogen (secondary N) is 2. The zero-order valence-electron chi connectivity index (χ0n) is 15.8. The first-order valence-electron chi connectivity index (χ1n) is 8.92. The number of methoxy groups -OCH3 is 1. The van der Waals surface area contributed by atoms with Crippen LogP contribution in [0.4, 0.5) is 0 Å². The highest BCUT2D eigenvalue weighted by molar-refractivity contribution is 7.91. The molecule has 10 heteroatoms. The molecule has 1 unspecified atom stereocenters. The standard InChI is InChI=1S/C19H22N2O6S2/c1-27-17-6-8-18(9-7-17)29(25,26)20-12-14-2-4-15(5-3-14)19(22)21-16-10-11-28(23,24)13-16/h2-9,16,20H,10-13H2,1H3,(H,21,22). The van der Waals surface area contributed by atoms with Gasteiger partial charge in [0.2, 0.25) is 10.0 Å². The highest BCUT2D eigenvalue weighted by atomic mass is 32.2. The van der Waals surface area contributed by atoms with Crippen LogP contribution >= 0.6 is 0 Å². The van der Waals surface area contributed by atoms with E-state index in [-0.39, 0.29) is 34.9 Å². The average Bonchev–Trinajstić information content (AvgIpc) is 3.05. The number of rotatable bonds is 7. The third kappa shape index (κ3) is 5.55. The number of hydrogen-bond acceptors (Lipinski definition) is 6. The van der Waals surface area contributed by atoms with Crippen molar-refractivity contribution in [1.29, 1.82) is 0 Å². The summed E-state index contributed by atoms with van der Waals surface area (Å²) in [5, 5.41) is 2.72. The number of carbonyl (C=O) groups excluding carboxylic acids is 1. The second-order valence-electron chi connectivity index (χ2n) is 6.77. The second-order valence-corrected chi connectivity index (χ2v) is 10.8. The fraction of sp³-hybridized carbons (Fsp3) is 0.316. The Kier molecular flexibility index (Phi) is 6.25. The Morgan fingerprint density at radius 2 is 1.76 bits per heavy atom. The molecule has 1 atom stereocenters. The van der Waals surface area contributed by atoms with Crippen LogP contribution in [0.25, 0.3) is 0 Å². The van der Waals surface area contributed by atoms with Crippen LogP contribution in [-0.4, -0.2) is 47.4 Å². The normalized spacial score (nSPS) is 18.3. The van der Waals surface area contributed by atoms with Crippen LogP contribution in [0.15, 0.2) is 53.4 Å². The first-order valence-corrected chi connectivity index (χ1v) is 12.2. The van der Waals surface area contributed by atoms with Crippen LogP contribution in [0.1, 0.15) is 22.3 Å². The minimum Gasteiger partial charge on any atom is -0.497 e. The summed E-state index contributed by atoms with van der Waals surface area (Å²) in [6, 6.07) is 12.1. The first-order chi connectivity index (χ1) is 13.7. The number of benzene rings is 2. The molecule has 3 rings (SSSR count). The number of sulfonamides is 1. The first kappa shape index (κ1) is 21.3.